The van der Waals surface area contributed by atoms with Gasteiger partial charge in [-0.3, -0.25) is 10.1 Å². The summed E-state index contributed by atoms with van der Waals surface area (Å²) in [5.74, 6) is 0.404. The second kappa shape index (κ2) is 9.02. The van der Waals surface area contributed by atoms with Crippen LogP contribution in [0.3, 0.4) is 0 Å². The molecule has 0 aliphatic carbocycles. The number of halogens is 1. The second-order valence-electron chi connectivity index (χ2n) is 5.84. The van der Waals surface area contributed by atoms with Gasteiger partial charge in [-0.05, 0) is 30.3 Å². The summed E-state index contributed by atoms with van der Waals surface area (Å²) in [5.41, 5.74) is 1.20. The van der Waals surface area contributed by atoms with Gasteiger partial charge in [0.05, 0.1) is 30.9 Å². The van der Waals surface area contributed by atoms with E-state index >= 15 is 0 Å². The van der Waals surface area contributed by atoms with Gasteiger partial charge >= 0.3 is 0 Å². The molecule has 0 spiro atoms. The zero-order valence-electron chi connectivity index (χ0n) is 15.9. The van der Waals surface area contributed by atoms with Crippen molar-refractivity contribution in [3.8, 4) is 28.8 Å². The largest absolute Gasteiger partial charge is 0.493 e. The average molecular weight is 426 g/mol. The topological polar surface area (TPSA) is 110 Å². The zero-order valence-corrected chi connectivity index (χ0v) is 16.7. The van der Waals surface area contributed by atoms with Crippen LogP contribution in [-0.2, 0) is 0 Å². The number of nitrogens with one attached hydrogen (secondary N) is 1. The van der Waals surface area contributed by atoms with E-state index in [2.05, 4.69) is 10.3 Å². The van der Waals surface area contributed by atoms with Crippen LogP contribution in [0.5, 0.6) is 11.5 Å². The van der Waals surface area contributed by atoms with Gasteiger partial charge in [0, 0.05) is 17.1 Å². The van der Waals surface area contributed by atoms with Crippen molar-refractivity contribution in [1.29, 1.82) is 5.26 Å². The van der Waals surface area contributed by atoms with E-state index in [0.29, 0.717) is 22.2 Å². The Morgan fingerprint density at radius 1 is 1.27 bits per heavy atom. The van der Waals surface area contributed by atoms with Gasteiger partial charge in [-0.2, -0.15) is 5.26 Å². The lowest BCUT2D eigenvalue weighted by molar-refractivity contribution is -0.384. The van der Waals surface area contributed by atoms with Crippen molar-refractivity contribution >= 4 is 28.3 Å². The molecule has 10 heteroatoms. The third-order valence-electron chi connectivity index (χ3n) is 4.06. The number of nitro benzene ring substituents is 1. The molecule has 0 radical (unpaired) electrons. The van der Waals surface area contributed by atoms with Crippen LogP contribution in [0, 0.1) is 27.3 Å². The zero-order chi connectivity index (χ0) is 21.7. The molecule has 0 bridgehead atoms. The molecule has 1 aromatic heterocycles. The molecule has 0 amide bonds. The van der Waals surface area contributed by atoms with Crippen LogP contribution in [0.1, 0.15) is 5.01 Å². The van der Waals surface area contributed by atoms with E-state index in [1.54, 1.807) is 24.6 Å². The highest BCUT2D eigenvalue weighted by Gasteiger charge is 2.15. The molecule has 0 aliphatic rings. The van der Waals surface area contributed by atoms with E-state index in [-0.39, 0.29) is 11.3 Å². The van der Waals surface area contributed by atoms with Crippen molar-refractivity contribution < 1.29 is 18.8 Å². The molecule has 2 aromatic carbocycles. The third kappa shape index (κ3) is 4.37. The predicted octanol–water partition coefficient (Wildman–Crippen LogP) is 4.85. The van der Waals surface area contributed by atoms with Crippen LogP contribution >= 0.6 is 11.3 Å². The fraction of sp³-hybridized carbons (Fsp3) is 0.100. The highest BCUT2D eigenvalue weighted by Crippen LogP contribution is 2.34. The first-order valence-electron chi connectivity index (χ1n) is 8.46. The number of hydrogen-bond acceptors (Lipinski definition) is 8. The maximum Gasteiger partial charge on any atom is 0.295 e. The lowest BCUT2D eigenvalue weighted by Crippen LogP contribution is -1.98. The van der Waals surface area contributed by atoms with Crippen molar-refractivity contribution in [1.82, 2.24) is 4.98 Å². The Balaban J connectivity index is 1.89. The minimum Gasteiger partial charge on any atom is -0.493 e. The third-order valence-corrected chi connectivity index (χ3v) is 4.94. The maximum atomic E-state index is 13.3. The Morgan fingerprint density at radius 2 is 2.03 bits per heavy atom. The number of nitriles is 1. The lowest BCUT2D eigenvalue weighted by atomic mass is 10.1. The normalized spacial score (nSPS) is 10.9. The molecule has 0 saturated carbocycles. The summed E-state index contributed by atoms with van der Waals surface area (Å²) in [6.07, 6.45) is 1.30. The summed E-state index contributed by atoms with van der Waals surface area (Å²) in [6.45, 7) is 0. The molecule has 3 aromatic rings. The summed E-state index contributed by atoms with van der Waals surface area (Å²) in [4.78, 5) is 14.9. The Kier molecular flexibility index (Phi) is 6.24. The molecule has 1 N–H and O–H groups in total. The predicted molar refractivity (Wildman–Crippen MR) is 111 cm³/mol. The van der Waals surface area contributed by atoms with Gasteiger partial charge in [0.1, 0.15) is 28.2 Å². The van der Waals surface area contributed by atoms with Gasteiger partial charge in [-0.25, -0.2) is 9.37 Å². The maximum absolute atomic E-state index is 13.3. The Morgan fingerprint density at radius 3 is 2.70 bits per heavy atom. The number of ether oxygens (including phenoxy) is 2. The summed E-state index contributed by atoms with van der Waals surface area (Å²) in [5, 5.41) is 25.5. The van der Waals surface area contributed by atoms with Crippen LogP contribution in [-0.4, -0.2) is 24.1 Å². The van der Waals surface area contributed by atoms with Crippen molar-refractivity contribution in [2.75, 3.05) is 19.5 Å². The molecular formula is C20H15FN4O4S. The minimum absolute atomic E-state index is 0.0609. The first-order chi connectivity index (χ1) is 14.5. The molecule has 0 unspecified atom stereocenters. The Labute approximate surface area is 175 Å². The van der Waals surface area contributed by atoms with Gasteiger partial charge in [0.25, 0.3) is 5.69 Å². The smallest absolute Gasteiger partial charge is 0.295 e. The SMILES string of the molecule is COc1ccc(-c2csc(/C(C#N)=C\Nc3ccc(F)cc3[N+](=O)[O-])n2)cc1OC. The van der Waals surface area contributed by atoms with Gasteiger partial charge in [0.15, 0.2) is 11.5 Å². The van der Waals surface area contributed by atoms with E-state index in [9.17, 15) is 19.8 Å². The van der Waals surface area contributed by atoms with Crippen molar-refractivity contribution in [3.05, 3.63) is 68.9 Å². The first-order valence-corrected chi connectivity index (χ1v) is 9.33. The number of rotatable bonds is 7. The first kappa shape index (κ1) is 20.8. The summed E-state index contributed by atoms with van der Waals surface area (Å²) in [7, 11) is 3.08. The van der Waals surface area contributed by atoms with Crippen LogP contribution in [0.25, 0.3) is 16.8 Å². The lowest BCUT2D eigenvalue weighted by Gasteiger charge is -2.08. The van der Waals surface area contributed by atoms with E-state index in [0.717, 1.165) is 17.7 Å². The molecule has 1 heterocycles. The molecule has 8 nitrogen and oxygen atoms in total. The number of benzene rings is 2. The van der Waals surface area contributed by atoms with E-state index in [1.165, 1.54) is 30.7 Å². The van der Waals surface area contributed by atoms with Crippen LogP contribution < -0.4 is 14.8 Å². The molecular weight excluding hydrogens is 411 g/mol. The van der Waals surface area contributed by atoms with Gasteiger partial charge in [0.2, 0.25) is 0 Å². The summed E-state index contributed by atoms with van der Waals surface area (Å²) < 4.78 is 23.8. The highest BCUT2D eigenvalue weighted by atomic mass is 32.1. The molecule has 3 rings (SSSR count). The van der Waals surface area contributed by atoms with E-state index in [1.807, 2.05) is 12.1 Å². The number of nitrogens with zero attached hydrogens (tertiary/aromatic N) is 3. The fourth-order valence-corrected chi connectivity index (χ4v) is 3.39. The van der Waals surface area contributed by atoms with E-state index < -0.39 is 16.4 Å². The van der Waals surface area contributed by atoms with Crippen LogP contribution in [0.2, 0.25) is 0 Å². The quantitative estimate of drug-likeness (QED) is 0.327. The van der Waals surface area contributed by atoms with Crippen molar-refractivity contribution in [2.45, 2.75) is 0 Å². The number of anilines is 1. The number of hydrogen-bond donors (Lipinski definition) is 1. The van der Waals surface area contributed by atoms with Crippen molar-refractivity contribution in [3.63, 3.8) is 0 Å². The number of allylic oxidation sites excluding steroid dienone is 1. The van der Waals surface area contributed by atoms with Gasteiger partial charge in [-0.1, -0.05) is 0 Å². The highest BCUT2D eigenvalue weighted by molar-refractivity contribution is 7.11. The second-order valence-corrected chi connectivity index (χ2v) is 6.70. The summed E-state index contributed by atoms with van der Waals surface area (Å²) in [6, 6.07) is 10.5. The molecule has 152 valence electrons. The molecule has 0 atom stereocenters. The van der Waals surface area contributed by atoms with Crippen molar-refractivity contribution in [2.24, 2.45) is 0 Å². The summed E-state index contributed by atoms with van der Waals surface area (Å²) >= 11 is 1.24. The minimum atomic E-state index is -0.726. The van der Waals surface area contributed by atoms with Crippen LogP contribution in [0.4, 0.5) is 15.8 Å². The number of methoxy groups -OCH3 is 2. The Hall–Kier alpha value is -3.97. The molecule has 30 heavy (non-hydrogen) atoms. The molecule has 0 saturated heterocycles. The monoisotopic (exact) mass is 426 g/mol. The Bertz CT molecular complexity index is 1170. The van der Waals surface area contributed by atoms with Gasteiger partial charge in [-0.15, -0.1) is 11.3 Å². The number of aromatic nitrogens is 1. The fourth-order valence-electron chi connectivity index (χ4n) is 2.60. The molecule has 0 aliphatic heterocycles. The standard InChI is InChI=1S/C20H15FN4O4S/c1-28-18-6-3-12(7-19(18)29-2)16-11-30-20(24-16)13(9-22)10-23-15-5-4-14(21)8-17(15)25(26)27/h3-8,10-11,23H,1-2H3/b13-10-. The average Bonchev–Trinajstić information content (AvgIpc) is 3.24. The van der Waals surface area contributed by atoms with Crippen LogP contribution in [0.15, 0.2) is 48.0 Å². The number of nitro groups is 1. The molecule has 0 fully saturated rings. The van der Waals surface area contributed by atoms with Gasteiger partial charge < -0.3 is 14.8 Å². The van der Waals surface area contributed by atoms with E-state index in [4.69, 9.17) is 9.47 Å². The number of thiazole rings is 1.